The Balaban J connectivity index is 1.78. The summed E-state index contributed by atoms with van der Waals surface area (Å²) in [4.78, 5) is 16.0. The summed E-state index contributed by atoms with van der Waals surface area (Å²) in [7, 11) is 3.30. The molecule has 1 fully saturated rings. The van der Waals surface area contributed by atoms with Crippen molar-refractivity contribution in [3.05, 3.63) is 59.7 Å². The summed E-state index contributed by atoms with van der Waals surface area (Å²) >= 11 is 0. The zero-order valence-corrected chi connectivity index (χ0v) is 21.8. The molecule has 1 aliphatic heterocycles. The van der Waals surface area contributed by atoms with Crippen molar-refractivity contribution >= 4 is 5.91 Å². The Hall–Kier alpha value is -2.57. The number of nitrogens with one attached hydrogen (secondary N) is 1. The first-order valence-electron chi connectivity index (χ1n) is 13.0. The van der Waals surface area contributed by atoms with E-state index >= 15 is 0 Å². The van der Waals surface area contributed by atoms with E-state index in [0.29, 0.717) is 42.1 Å². The smallest absolute Gasteiger partial charge is 0.254 e. The van der Waals surface area contributed by atoms with Crippen LogP contribution in [0, 0.1) is 11.8 Å². The topological polar surface area (TPSA) is 60.0 Å². The molecule has 6 nitrogen and oxygen atoms in total. The Morgan fingerprint density at radius 2 is 1.74 bits per heavy atom. The van der Waals surface area contributed by atoms with Crippen LogP contribution in [0.1, 0.15) is 49.0 Å². The van der Waals surface area contributed by atoms with Gasteiger partial charge in [-0.2, -0.15) is 0 Å². The maximum Gasteiger partial charge on any atom is 0.254 e. The summed E-state index contributed by atoms with van der Waals surface area (Å²) in [5.74, 6) is 2.23. The second-order valence-corrected chi connectivity index (χ2v) is 9.36. The SMILES string of the molecule is CCC(CC)N(CC1CNCC1Cc1ccccc1)C(=O)c1ccc(OC)c(OCCCOC)c1. The molecule has 2 atom stereocenters. The molecule has 1 N–H and O–H groups in total. The van der Waals surface area contributed by atoms with Crippen molar-refractivity contribution in [1.29, 1.82) is 0 Å². The quantitative estimate of drug-likeness (QED) is 0.391. The highest BCUT2D eigenvalue weighted by atomic mass is 16.5. The minimum Gasteiger partial charge on any atom is -0.493 e. The molecule has 0 spiro atoms. The van der Waals surface area contributed by atoms with Crippen LogP contribution in [0.5, 0.6) is 11.5 Å². The molecule has 35 heavy (non-hydrogen) atoms. The van der Waals surface area contributed by atoms with E-state index < -0.39 is 0 Å². The summed E-state index contributed by atoms with van der Waals surface area (Å²) < 4.78 is 16.5. The molecule has 192 valence electrons. The third kappa shape index (κ3) is 7.45. The number of amides is 1. The molecular weight excluding hydrogens is 440 g/mol. The lowest BCUT2D eigenvalue weighted by Gasteiger charge is -2.34. The summed E-state index contributed by atoms with van der Waals surface area (Å²) in [5.41, 5.74) is 2.00. The second kappa shape index (κ2) is 14.1. The Bertz CT molecular complexity index is 901. The molecule has 6 heteroatoms. The van der Waals surface area contributed by atoms with Gasteiger partial charge in [0.05, 0.1) is 13.7 Å². The van der Waals surface area contributed by atoms with Gasteiger partial charge in [0.25, 0.3) is 5.91 Å². The first kappa shape index (κ1) is 27.0. The van der Waals surface area contributed by atoms with Gasteiger partial charge in [-0.15, -0.1) is 0 Å². The molecule has 0 radical (unpaired) electrons. The number of nitrogens with zero attached hydrogens (tertiary/aromatic N) is 1. The van der Waals surface area contributed by atoms with E-state index in [0.717, 1.165) is 45.3 Å². The summed E-state index contributed by atoms with van der Waals surface area (Å²) in [5, 5.41) is 3.57. The van der Waals surface area contributed by atoms with Gasteiger partial charge < -0.3 is 24.4 Å². The van der Waals surface area contributed by atoms with Gasteiger partial charge in [-0.25, -0.2) is 0 Å². The van der Waals surface area contributed by atoms with Crippen molar-refractivity contribution in [2.75, 3.05) is 47.1 Å². The fourth-order valence-corrected chi connectivity index (χ4v) is 5.01. The lowest BCUT2D eigenvalue weighted by atomic mass is 9.88. The van der Waals surface area contributed by atoms with Crippen molar-refractivity contribution in [3.63, 3.8) is 0 Å². The van der Waals surface area contributed by atoms with Gasteiger partial charge >= 0.3 is 0 Å². The van der Waals surface area contributed by atoms with Crippen LogP contribution in [0.15, 0.2) is 48.5 Å². The van der Waals surface area contributed by atoms with Gasteiger partial charge in [-0.05, 0) is 68.0 Å². The van der Waals surface area contributed by atoms with E-state index in [4.69, 9.17) is 14.2 Å². The Kier molecular flexibility index (Phi) is 10.9. The molecule has 1 saturated heterocycles. The first-order valence-corrected chi connectivity index (χ1v) is 13.0. The lowest BCUT2D eigenvalue weighted by molar-refractivity contribution is 0.0617. The number of rotatable bonds is 14. The molecule has 1 heterocycles. The van der Waals surface area contributed by atoms with Crippen LogP contribution in [0.4, 0.5) is 0 Å². The van der Waals surface area contributed by atoms with Crippen LogP contribution in [0.25, 0.3) is 0 Å². The van der Waals surface area contributed by atoms with E-state index in [1.165, 1.54) is 5.56 Å². The Morgan fingerprint density at radius 3 is 2.43 bits per heavy atom. The highest BCUT2D eigenvalue weighted by molar-refractivity contribution is 5.95. The monoisotopic (exact) mass is 482 g/mol. The molecular formula is C29H42N2O4. The van der Waals surface area contributed by atoms with Crippen LogP contribution in [-0.4, -0.2) is 63.9 Å². The zero-order chi connectivity index (χ0) is 25.0. The largest absolute Gasteiger partial charge is 0.493 e. The van der Waals surface area contributed by atoms with E-state index in [1.54, 1.807) is 14.2 Å². The van der Waals surface area contributed by atoms with Crippen molar-refractivity contribution in [3.8, 4) is 11.5 Å². The predicted octanol–water partition coefficient (Wildman–Crippen LogP) is 4.82. The molecule has 2 aromatic rings. The third-order valence-electron chi connectivity index (χ3n) is 7.06. The maximum atomic E-state index is 13.9. The average molecular weight is 483 g/mol. The minimum atomic E-state index is 0.0634. The summed E-state index contributed by atoms with van der Waals surface area (Å²) in [6.07, 6.45) is 3.67. The van der Waals surface area contributed by atoms with E-state index in [-0.39, 0.29) is 11.9 Å². The molecule has 0 aliphatic carbocycles. The number of ether oxygens (including phenoxy) is 3. The number of methoxy groups -OCH3 is 2. The van der Waals surface area contributed by atoms with E-state index in [9.17, 15) is 4.79 Å². The van der Waals surface area contributed by atoms with Crippen molar-refractivity contribution in [2.24, 2.45) is 11.8 Å². The fourth-order valence-electron chi connectivity index (χ4n) is 5.01. The van der Waals surface area contributed by atoms with Crippen LogP contribution in [-0.2, 0) is 11.2 Å². The highest BCUT2D eigenvalue weighted by Crippen LogP contribution is 2.30. The molecule has 0 bridgehead atoms. The number of hydrogen-bond acceptors (Lipinski definition) is 5. The number of carbonyl (C=O) groups is 1. The Labute approximate surface area is 210 Å². The van der Waals surface area contributed by atoms with Crippen LogP contribution in [0.2, 0.25) is 0 Å². The van der Waals surface area contributed by atoms with Gasteiger partial charge in [-0.3, -0.25) is 4.79 Å². The molecule has 1 amide bonds. The van der Waals surface area contributed by atoms with E-state index in [2.05, 4.69) is 54.4 Å². The Morgan fingerprint density at radius 1 is 1.00 bits per heavy atom. The maximum absolute atomic E-state index is 13.9. The second-order valence-electron chi connectivity index (χ2n) is 9.36. The van der Waals surface area contributed by atoms with Gasteiger partial charge in [0.2, 0.25) is 0 Å². The van der Waals surface area contributed by atoms with Gasteiger partial charge in [0, 0.05) is 38.3 Å². The van der Waals surface area contributed by atoms with Crippen LogP contribution in [0.3, 0.4) is 0 Å². The summed E-state index contributed by atoms with van der Waals surface area (Å²) in [6.45, 7) is 8.16. The third-order valence-corrected chi connectivity index (χ3v) is 7.06. The number of benzene rings is 2. The van der Waals surface area contributed by atoms with E-state index in [1.807, 2.05) is 18.2 Å². The molecule has 3 rings (SSSR count). The lowest BCUT2D eigenvalue weighted by Crippen LogP contribution is -2.44. The van der Waals surface area contributed by atoms with Crippen LogP contribution < -0.4 is 14.8 Å². The first-order chi connectivity index (χ1) is 17.1. The molecule has 2 unspecified atom stereocenters. The van der Waals surface area contributed by atoms with Crippen LogP contribution >= 0.6 is 0 Å². The van der Waals surface area contributed by atoms with Crippen molar-refractivity contribution < 1.29 is 19.0 Å². The highest BCUT2D eigenvalue weighted by Gasteiger charge is 2.33. The van der Waals surface area contributed by atoms with Gasteiger partial charge in [0.1, 0.15) is 0 Å². The van der Waals surface area contributed by atoms with Crippen molar-refractivity contribution in [1.82, 2.24) is 10.2 Å². The van der Waals surface area contributed by atoms with Gasteiger partial charge in [-0.1, -0.05) is 44.2 Å². The molecule has 1 aliphatic rings. The minimum absolute atomic E-state index is 0.0634. The fraction of sp³-hybridized carbons (Fsp3) is 0.552. The molecule has 0 aromatic heterocycles. The number of carbonyl (C=O) groups excluding carboxylic acids is 1. The van der Waals surface area contributed by atoms with Crippen molar-refractivity contribution in [2.45, 2.75) is 45.6 Å². The average Bonchev–Trinajstić information content (AvgIpc) is 3.33. The number of hydrogen-bond donors (Lipinski definition) is 1. The molecule has 2 aromatic carbocycles. The summed E-state index contributed by atoms with van der Waals surface area (Å²) in [6, 6.07) is 16.4. The molecule has 0 saturated carbocycles. The standard InChI is InChI=1S/C29H42N2O4/c1-5-26(6-2)31(21-25-20-30-19-24(25)17-22-11-8-7-9-12-22)29(32)23-13-14-27(34-4)28(18-23)35-16-10-15-33-3/h7-9,11-14,18,24-26,30H,5-6,10,15-17,19-21H2,1-4H3. The van der Waals surface area contributed by atoms with Gasteiger partial charge in [0.15, 0.2) is 11.5 Å². The normalized spacial score (nSPS) is 17.5. The zero-order valence-electron chi connectivity index (χ0n) is 21.8. The predicted molar refractivity (Wildman–Crippen MR) is 140 cm³/mol.